The number of amides is 2. The van der Waals surface area contributed by atoms with Gasteiger partial charge in [-0.3, -0.25) is 14.6 Å². The predicted molar refractivity (Wildman–Crippen MR) is 112 cm³/mol. The van der Waals surface area contributed by atoms with Crippen LogP contribution in [0.3, 0.4) is 0 Å². The maximum atomic E-state index is 12.7. The number of ether oxygens (including phenoxy) is 1. The van der Waals surface area contributed by atoms with E-state index in [2.05, 4.69) is 10.3 Å². The molecular formula is C22H21N3O3S. The van der Waals surface area contributed by atoms with Crippen LogP contribution in [-0.4, -0.2) is 41.5 Å². The van der Waals surface area contributed by atoms with Crippen molar-refractivity contribution in [3.63, 3.8) is 0 Å². The number of carbonyl (C=O) groups excluding carboxylic acids is 2. The Morgan fingerprint density at radius 2 is 2.14 bits per heavy atom. The Bertz CT molecular complexity index is 1050. The van der Waals surface area contributed by atoms with Crippen LogP contribution >= 0.6 is 11.3 Å². The summed E-state index contributed by atoms with van der Waals surface area (Å²) >= 11 is 1.47. The van der Waals surface area contributed by atoms with Crippen molar-refractivity contribution in [1.29, 1.82) is 0 Å². The highest BCUT2D eigenvalue weighted by atomic mass is 32.1. The van der Waals surface area contributed by atoms with E-state index in [9.17, 15) is 9.59 Å². The zero-order valence-electron chi connectivity index (χ0n) is 15.9. The fourth-order valence-corrected chi connectivity index (χ4v) is 4.91. The molecule has 1 saturated heterocycles. The predicted octanol–water partition coefficient (Wildman–Crippen LogP) is 3.47. The standard InChI is InChI=1S/C22H21N3O3S/c26-21(20-10-14-3-1-2-4-19(14)29-20)24-17-9-16-12-25(7-5-18(16)23-11-17)22(27)15-6-8-28-13-15/h1-4,9-11,15H,5-8,12-13H2,(H,24,26). The third-order valence-corrected chi connectivity index (χ3v) is 6.65. The number of carbonyl (C=O) groups is 2. The topological polar surface area (TPSA) is 71.5 Å². The van der Waals surface area contributed by atoms with Crippen LogP contribution < -0.4 is 5.32 Å². The van der Waals surface area contributed by atoms with Gasteiger partial charge >= 0.3 is 0 Å². The highest BCUT2D eigenvalue weighted by Crippen LogP contribution is 2.27. The summed E-state index contributed by atoms with van der Waals surface area (Å²) in [6.45, 7) is 2.40. The number of fused-ring (bicyclic) bond motifs is 2. The molecule has 1 aromatic carbocycles. The van der Waals surface area contributed by atoms with Crippen molar-refractivity contribution in [2.45, 2.75) is 19.4 Å². The molecule has 1 unspecified atom stereocenters. The zero-order chi connectivity index (χ0) is 19.8. The highest BCUT2D eigenvalue weighted by Gasteiger charge is 2.30. The molecule has 148 valence electrons. The van der Waals surface area contributed by atoms with Crippen molar-refractivity contribution in [3.05, 3.63) is 58.7 Å². The number of benzene rings is 1. The third kappa shape index (κ3) is 3.63. The monoisotopic (exact) mass is 407 g/mol. The first-order valence-corrected chi connectivity index (χ1v) is 10.6. The number of hydrogen-bond acceptors (Lipinski definition) is 5. The molecule has 0 spiro atoms. The molecule has 2 aliphatic rings. The molecule has 2 amide bonds. The highest BCUT2D eigenvalue weighted by molar-refractivity contribution is 7.20. The average molecular weight is 407 g/mol. The fraction of sp³-hybridized carbons (Fsp3) is 0.318. The normalized spacial score (nSPS) is 18.6. The maximum Gasteiger partial charge on any atom is 0.265 e. The number of rotatable bonds is 3. The van der Waals surface area contributed by atoms with Gasteiger partial charge in [-0.25, -0.2) is 0 Å². The minimum absolute atomic E-state index is 0.0274. The summed E-state index contributed by atoms with van der Waals surface area (Å²) in [5.41, 5.74) is 2.65. The number of thiophene rings is 1. The van der Waals surface area contributed by atoms with Crippen molar-refractivity contribution in [2.24, 2.45) is 5.92 Å². The second kappa shape index (κ2) is 7.57. The first kappa shape index (κ1) is 18.3. The molecule has 7 heteroatoms. The first-order valence-electron chi connectivity index (χ1n) is 9.81. The van der Waals surface area contributed by atoms with Crippen LogP contribution in [0.15, 0.2) is 42.6 Å². The van der Waals surface area contributed by atoms with Crippen molar-refractivity contribution in [2.75, 3.05) is 25.1 Å². The Balaban J connectivity index is 1.31. The smallest absolute Gasteiger partial charge is 0.265 e. The van der Waals surface area contributed by atoms with Crippen LogP contribution in [0.4, 0.5) is 5.69 Å². The lowest BCUT2D eigenvalue weighted by Gasteiger charge is -2.30. The third-order valence-electron chi connectivity index (χ3n) is 5.54. The van der Waals surface area contributed by atoms with Gasteiger partial charge in [-0.2, -0.15) is 0 Å². The van der Waals surface area contributed by atoms with Gasteiger partial charge < -0.3 is 15.0 Å². The molecule has 0 aliphatic carbocycles. The minimum Gasteiger partial charge on any atom is -0.381 e. The Morgan fingerprint density at radius 1 is 1.24 bits per heavy atom. The second-order valence-electron chi connectivity index (χ2n) is 7.50. The number of aromatic nitrogens is 1. The van der Waals surface area contributed by atoms with E-state index in [0.717, 1.165) is 34.2 Å². The van der Waals surface area contributed by atoms with Crippen LogP contribution in [0.5, 0.6) is 0 Å². The molecule has 0 radical (unpaired) electrons. The molecule has 0 saturated carbocycles. The van der Waals surface area contributed by atoms with Crippen LogP contribution in [0.1, 0.15) is 27.3 Å². The summed E-state index contributed by atoms with van der Waals surface area (Å²) < 4.78 is 6.45. The van der Waals surface area contributed by atoms with Gasteiger partial charge in [-0.15, -0.1) is 11.3 Å². The summed E-state index contributed by atoms with van der Waals surface area (Å²) in [5, 5.41) is 4.02. The Labute approximate surface area is 172 Å². The molecule has 3 aromatic rings. The van der Waals surface area contributed by atoms with Gasteiger partial charge in [0.05, 0.1) is 29.3 Å². The number of hydrogen-bond donors (Lipinski definition) is 1. The molecule has 0 bridgehead atoms. The molecule has 2 aromatic heterocycles. The van der Waals surface area contributed by atoms with Gasteiger partial charge in [0.1, 0.15) is 0 Å². The lowest BCUT2D eigenvalue weighted by molar-refractivity contribution is -0.136. The zero-order valence-corrected chi connectivity index (χ0v) is 16.7. The van der Waals surface area contributed by atoms with E-state index in [0.29, 0.717) is 36.9 Å². The van der Waals surface area contributed by atoms with E-state index in [1.54, 1.807) is 6.20 Å². The quantitative estimate of drug-likeness (QED) is 0.722. The number of nitrogens with zero attached hydrogens (tertiary/aromatic N) is 2. The number of pyridine rings is 1. The van der Waals surface area contributed by atoms with Crippen molar-refractivity contribution < 1.29 is 14.3 Å². The second-order valence-corrected chi connectivity index (χ2v) is 8.59. The largest absolute Gasteiger partial charge is 0.381 e. The molecule has 1 fully saturated rings. The number of anilines is 1. The molecular weight excluding hydrogens is 386 g/mol. The summed E-state index contributed by atoms with van der Waals surface area (Å²) in [6.07, 6.45) is 3.23. The van der Waals surface area contributed by atoms with E-state index in [-0.39, 0.29) is 17.7 Å². The summed E-state index contributed by atoms with van der Waals surface area (Å²) in [5.74, 6) is -0.00647. The van der Waals surface area contributed by atoms with E-state index in [4.69, 9.17) is 4.74 Å². The van der Waals surface area contributed by atoms with Gasteiger partial charge in [0, 0.05) is 36.5 Å². The van der Waals surface area contributed by atoms with Crippen LogP contribution in [0.25, 0.3) is 10.1 Å². The number of nitrogens with one attached hydrogen (secondary N) is 1. The SMILES string of the molecule is O=C(Nc1cnc2c(c1)CN(C(=O)C1CCOC1)CC2)c1cc2ccccc2s1. The van der Waals surface area contributed by atoms with Crippen LogP contribution in [-0.2, 0) is 22.5 Å². The van der Waals surface area contributed by atoms with Crippen molar-refractivity contribution in [3.8, 4) is 0 Å². The fourth-order valence-electron chi connectivity index (χ4n) is 3.96. The molecule has 1 N–H and O–H groups in total. The van der Waals surface area contributed by atoms with E-state index >= 15 is 0 Å². The molecule has 29 heavy (non-hydrogen) atoms. The molecule has 4 heterocycles. The Kier molecular flexibility index (Phi) is 4.77. The average Bonchev–Trinajstić information content (AvgIpc) is 3.42. The van der Waals surface area contributed by atoms with E-state index < -0.39 is 0 Å². The molecule has 1 atom stereocenters. The first-order chi connectivity index (χ1) is 14.2. The maximum absolute atomic E-state index is 12.7. The molecule has 5 rings (SSSR count). The van der Waals surface area contributed by atoms with Gasteiger partial charge in [0.2, 0.25) is 5.91 Å². The van der Waals surface area contributed by atoms with Gasteiger partial charge in [0.15, 0.2) is 0 Å². The van der Waals surface area contributed by atoms with Crippen LogP contribution in [0, 0.1) is 5.92 Å². The molecule has 6 nitrogen and oxygen atoms in total. The van der Waals surface area contributed by atoms with Crippen molar-refractivity contribution >= 4 is 38.9 Å². The Hall–Kier alpha value is -2.77. The van der Waals surface area contributed by atoms with E-state index in [1.807, 2.05) is 41.3 Å². The van der Waals surface area contributed by atoms with Gasteiger partial charge in [-0.05, 0) is 35.6 Å². The lowest BCUT2D eigenvalue weighted by Crippen LogP contribution is -2.40. The molecule has 2 aliphatic heterocycles. The van der Waals surface area contributed by atoms with Crippen molar-refractivity contribution in [1.82, 2.24) is 9.88 Å². The van der Waals surface area contributed by atoms with Gasteiger partial charge in [-0.1, -0.05) is 18.2 Å². The lowest BCUT2D eigenvalue weighted by atomic mass is 10.0. The summed E-state index contributed by atoms with van der Waals surface area (Å²) in [7, 11) is 0. The summed E-state index contributed by atoms with van der Waals surface area (Å²) in [6, 6.07) is 11.8. The van der Waals surface area contributed by atoms with Gasteiger partial charge in [0.25, 0.3) is 5.91 Å². The Morgan fingerprint density at radius 3 is 2.97 bits per heavy atom. The summed E-state index contributed by atoms with van der Waals surface area (Å²) in [4.78, 5) is 32.5. The minimum atomic E-state index is -0.139. The van der Waals surface area contributed by atoms with E-state index in [1.165, 1.54) is 11.3 Å². The van der Waals surface area contributed by atoms with Crippen LogP contribution in [0.2, 0.25) is 0 Å².